The Hall–Kier alpha value is -1.92. The van der Waals surface area contributed by atoms with E-state index in [0.717, 1.165) is 51.4 Å². The van der Waals surface area contributed by atoms with E-state index < -0.39 is 12.1 Å². The highest BCUT2D eigenvalue weighted by atomic mass is 16.5. The first-order chi connectivity index (χ1) is 39.0. The Bertz CT molecular complexity index is 1280. The summed E-state index contributed by atoms with van der Waals surface area (Å²) in [7, 11) is 0. The van der Waals surface area contributed by atoms with E-state index in [1.165, 1.54) is 315 Å². The zero-order valence-electron chi connectivity index (χ0n) is 53.4. The normalized spacial score (nSPS) is 12.7. The number of carbonyl (C=O) groups excluding carboxylic acids is 2. The van der Waals surface area contributed by atoms with Crippen molar-refractivity contribution in [1.82, 2.24) is 5.32 Å². The molecular weight excluding hydrogens is 971 g/mol. The molecule has 3 N–H and O–H groups in total. The number of aliphatic hydroxyl groups is 2. The summed E-state index contributed by atoms with van der Waals surface area (Å²) in [6.45, 7) is 4.90. The topological polar surface area (TPSA) is 95.9 Å². The van der Waals surface area contributed by atoms with Crippen LogP contribution in [0.25, 0.3) is 0 Å². The third-order valence-corrected chi connectivity index (χ3v) is 16.7. The van der Waals surface area contributed by atoms with E-state index in [0.29, 0.717) is 19.4 Å². The molecule has 0 aliphatic heterocycles. The number of rotatable bonds is 67. The molecule has 79 heavy (non-hydrogen) atoms. The number of unbranched alkanes of at least 4 members (excludes halogenated alkanes) is 52. The van der Waals surface area contributed by atoms with Crippen LogP contribution in [-0.2, 0) is 14.3 Å². The summed E-state index contributed by atoms with van der Waals surface area (Å²) in [6.07, 6.45) is 88.1. The number of carbonyl (C=O) groups is 2. The van der Waals surface area contributed by atoms with Gasteiger partial charge in [0, 0.05) is 12.8 Å². The van der Waals surface area contributed by atoms with Crippen molar-refractivity contribution < 1.29 is 24.5 Å². The molecule has 0 rings (SSSR count). The van der Waals surface area contributed by atoms with Gasteiger partial charge in [-0.25, -0.2) is 0 Å². The van der Waals surface area contributed by atoms with Gasteiger partial charge in [-0.15, -0.1) is 0 Å². The Kier molecular flexibility index (Phi) is 66.9. The molecule has 0 bridgehead atoms. The minimum absolute atomic E-state index is 0.00822. The van der Waals surface area contributed by atoms with Gasteiger partial charge in [-0.2, -0.15) is 0 Å². The van der Waals surface area contributed by atoms with Gasteiger partial charge in [-0.3, -0.25) is 9.59 Å². The quantitative estimate of drug-likeness (QED) is 0.0320. The van der Waals surface area contributed by atoms with Gasteiger partial charge in [0.1, 0.15) is 0 Å². The molecule has 0 saturated carbocycles. The van der Waals surface area contributed by atoms with E-state index in [9.17, 15) is 19.8 Å². The highest BCUT2D eigenvalue weighted by Crippen LogP contribution is 2.19. The second-order valence-electron chi connectivity index (χ2n) is 24.6. The molecule has 0 aromatic carbocycles. The number of hydrogen-bond donors (Lipinski definition) is 3. The van der Waals surface area contributed by atoms with Crippen LogP contribution in [0.2, 0.25) is 0 Å². The van der Waals surface area contributed by atoms with Crippen molar-refractivity contribution in [3.63, 3.8) is 0 Å². The van der Waals surface area contributed by atoms with Crippen LogP contribution < -0.4 is 5.32 Å². The first kappa shape index (κ1) is 77.1. The van der Waals surface area contributed by atoms with Gasteiger partial charge in [0.2, 0.25) is 5.91 Å². The van der Waals surface area contributed by atoms with E-state index in [-0.39, 0.29) is 18.5 Å². The van der Waals surface area contributed by atoms with Crippen LogP contribution in [-0.4, -0.2) is 47.4 Å². The molecular formula is C73H139NO5. The summed E-state index contributed by atoms with van der Waals surface area (Å²) in [6, 6.07) is -0.623. The molecule has 0 heterocycles. The molecule has 0 aliphatic carbocycles. The SMILES string of the molecule is CCCCCC/C=C\C/C=C\CCCCCCCC(=O)OCCCCCCCCCCCCCCCCCCCCCCCCCCCCCCCCCCCC(=O)NC(CO)C(O)/C=C/CCCCCCCCCCCCC. The van der Waals surface area contributed by atoms with E-state index in [1.54, 1.807) is 6.08 Å². The second-order valence-corrected chi connectivity index (χ2v) is 24.6. The maximum Gasteiger partial charge on any atom is 0.305 e. The van der Waals surface area contributed by atoms with Crippen molar-refractivity contribution in [3.05, 3.63) is 36.5 Å². The molecule has 0 fully saturated rings. The maximum absolute atomic E-state index is 12.5. The van der Waals surface area contributed by atoms with Crippen molar-refractivity contribution in [3.8, 4) is 0 Å². The van der Waals surface area contributed by atoms with Crippen molar-refractivity contribution in [1.29, 1.82) is 0 Å². The van der Waals surface area contributed by atoms with Crippen molar-refractivity contribution >= 4 is 11.9 Å². The third kappa shape index (κ3) is 65.1. The summed E-state index contributed by atoms with van der Waals surface area (Å²) in [5.41, 5.74) is 0. The van der Waals surface area contributed by atoms with Crippen molar-refractivity contribution in [2.24, 2.45) is 0 Å². The first-order valence-corrected chi connectivity index (χ1v) is 35.8. The zero-order valence-corrected chi connectivity index (χ0v) is 53.4. The number of esters is 1. The van der Waals surface area contributed by atoms with Crippen LogP contribution in [0, 0.1) is 0 Å². The monoisotopic (exact) mass is 1110 g/mol. The van der Waals surface area contributed by atoms with Crippen LogP contribution in [0.5, 0.6) is 0 Å². The largest absolute Gasteiger partial charge is 0.466 e. The average Bonchev–Trinajstić information content (AvgIpc) is 3.45. The molecule has 1 amide bonds. The Balaban J connectivity index is 3.32. The smallest absolute Gasteiger partial charge is 0.305 e. The Morgan fingerprint density at radius 2 is 0.633 bits per heavy atom. The lowest BCUT2D eigenvalue weighted by atomic mass is 10.0. The predicted octanol–water partition coefficient (Wildman–Crippen LogP) is 23.1. The highest BCUT2D eigenvalue weighted by molar-refractivity contribution is 5.76. The van der Waals surface area contributed by atoms with Gasteiger partial charge < -0.3 is 20.3 Å². The fraction of sp³-hybridized carbons (Fsp3) is 0.890. The van der Waals surface area contributed by atoms with Gasteiger partial charge in [0.05, 0.1) is 25.4 Å². The number of nitrogens with one attached hydrogen (secondary N) is 1. The predicted molar refractivity (Wildman–Crippen MR) is 347 cm³/mol. The molecule has 0 aromatic rings. The van der Waals surface area contributed by atoms with Gasteiger partial charge in [-0.05, 0) is 64.2 Å². The molecule has 0 saturated heterocycles. The van der Waals surface area contributed by atoms with Crippen LogP contribution >= 0.6 is 0 Å². The van der Waals surface area contributed by atoms with Gasteiger partial charge in [-0.1, -0.05) is 352 Å². The van der Waals surface area contributed by atoms with Gasteiger partial charge >= 0.3 is 5.97 Å². The maximum atomic E-state index is 12.5. The molecule has 6 nitrogen and oxygen atoms in total. The van der Waals surface area contributed by atoms with Gasteiger partial charge in [0.15, 0.2) is 0 Å². The molecule has 0 radical (unpaired) electrons. The second kappa shape index (κ2) is 68.6. The van der Waals surface area contributed by atoms with Crippen LogP contribution in [0.4, 0.5) is 0 Å². The molecule has 6 heteroatoms. The third-order valence-electron chi connectivity index (χ3n) is 16.7. The number of aliphatic hydroxyl groups excluding tert-OH is 2. The van der Waals surface area contributed by atoms with Crippen molar-refractivity contribution in [2.45, 2.75) is 405 Å². The summed E-state index contributed by atoms with van der Waals surface area (Å²) >= 11 is 0. The van der Waals surface area contributed by atoms with Crippen molar-refractivity contribution in [2.75, 3.05) is 13.2 Å². The first-order valence-electron chi connectivity index (χ1n) is 35.8. The minimum atomic E-state index is -0.840. The van der Waals surface area contributed by atoms with Crippen LogP contribution in [0.3, 0.4) is 0 Å². The summed E-state index contributed by atoms with van der Waals surface area (Å²) in [5.74, 6) is -0.0537. The Labute approximate surface area is 494 Å². The van der Waals surface area contributed by atoms with E-state index in [1.807, 2.05) is 6.08 Å². The summed E-state index contributed by atoms with van der Waals surface area (Å²) < 4.78 is 5.49. The fourth-order valence-corrected chi connectivity index (χ4v) is 11.2. The molecule has 0 aliphatic rings. The molecule has 466 valence electrons. The van der Waals surface area contributed by atoms with E-state index in [2.05, 4.69) is 43.5 Å². The Morgan fingerprint density at radius 3 is 0.975 bits per heavy atom. The molecule has 2 unspecified atom stereocenters. The summed E-state index contributed by atoms with van der Waals surface area (Å²) in [4.78, 5) is 24.5. The standard InChI is InChI=1S/C73H139NO5/c1-3-5-7-9-11-13-15-17-18-39-43-47-51-55-59-63-67-73(78)79-68-64-60-56-52-48-44-40-37-35-33-31-29-27-25-23-21-19-20-22-24-26-28-30-32-34-36-38-42-46-50-54-58-62-66-72(77)74-70(69-75)71(76)65-61-57-53-49-45-41-16-14-12-10-8-6-4-2/h13,15,18,39,61,65,70-71,75-76H,3-12,14,16-17,19-38,40-60,62-64,66-69H2,1-2H3,(H,74,77)/b15-13-,39-18-,65-61+. The fourth-order valence-electron chi connectivity index (χ4n) is 11.2. The lowest BCUT2D eigenvalue weighted by Gasteiger charge is -2.20. The molecule has 2 atom stereocenters. The lowest BCUT2D eigenvalue weighted by molar-refractivity contribution is -0.143. The molecule has 0 aromatic heterocycles. The minimum Gasteiger partial charge on any atom is -0.466 e. The number of ether oxygens (including phenoxy) is 1. The van der Waals surface area contributed by atoms with E-state index >= 15 is 0 Å². The van der Waals surface area contributed by atoms with Gasteiger partial charge in [0.25, 0.3) is 0 Å². The van der Waals surface area contributed by atoms with Crippen LogP contribution in [0.15, 0.2) is 36.5 Å². The highest BCUT2D eigenvalue weighted by Gasteiger charge is 2.18. The lowest BCUT2D eigenvalue weighted by Crippen LogP contribution is -2.45. The zero-order chi connectivity index (χ0) is 57.1. The number of amides is 1. The summed E-state index contributed by atoms with van der Waals surface area (Å²) in [5, 5.41) is 23.1. The number of hydrogen-bond acceptors (Lipinski definition) is 5. The molecule has 0 spiro atoms. The Morgan fingerprint density at radius 1 is 0.354 bits per heavy atom. The van der Waals surface area contributed by atoms with Crippen LogP contribution in [0.1, 0.15) is 393 Å². The van der Waals surface area contributed by atoms with E-state index in [4.69, 9.17) is 4.74 Å². The average molecular weight is 1110 g/mol. The number of allylic oxidation sites excluding steroid dienone is 5.